The van der Waals surface area contributed by atoms with E-state index in [4.69, 9.17) is 19.7 Å². The molecule has 0 atom stereocenters. The Labute approximate surface area is 129 Å². The maximum Gasteiger partial charge on any atom is 0.0698 e. The lowest BCUT2D eigenvalue weighted by Crippen LogP contribution is -2.04. The van der Waals surface area contributed by atoms with E-state index in [0.29, 0.717) is 6.61 Å². The van der Waals surface area contributed by atoms with Gasteiger partial charge in [-0.25, -0.2) is 0 Å². The predicted octanol–water partition coefficient (Wildman–Crippen LogP) is 1.20. The minimum absolute atomic E-state index is 0.110. The van der Waals surface area contributed by atoms with E-state index in [1.807, 2.05) is 23.5 Å². The zero-order valence-electron chi connectivity index (χ0n) is 11.4. The van der Waals surface area contributed by atoms with Gasteiger partial charge < -0.3 is 19.7 Å². The molecule has 0 aromatic rings. The molecule has 0 amide bonds. The van der Waals surface area contributed by atoms with E-state index in [1.165, 1.54) is 0 Å². The van der Waals surface area contributed by atoms with Gasteiger partial charge in [-0.3, -0.25) is 0 Å². The van der Waals surface area contributed by atoms with Gasteiger partial charge in [0.15, 0.2) is 0 Å². The summed E-state index contributed by atoms with van der Waals surface area (Å²) in [6.45, 7) is 3.13. The zero-order chi connectivity index (χ0) is 14.0. The largest absolute Gasteiger partial charge is 0.396 e. The molecule has 0 aromatic carbocycles. The first-order valence-electron chi connectivity index (χ1n) is 6.52. The molecule has 2 N–H and O–H groups in total. The van der Waals surface area contributed by atoms with Crippen LogP contribution in [0.2, 0.25) is 0 Å². The van der Waals surface area contributed by atoms with Crippen molar-refractivity contribution >= 4 is 35.3 Å². The second kappa shape index (κ2) is 18.9. The van der Waals surface area contributed by atoms with Crippen LogP contribution in [0, 0.1) is 0 Å². The lowest BCUT2D eigenvalue weighted by atomic mass is 10.7. The van der Waals surface area contributed by atoms with Crippen LogP contribution in [0.5, 0.6) is 0 Å². The number of thioether (sulfide) groups is 3. The van der Waals surface area contributed by atoms with Crippen molar-refractivity contribution < 1.29 is 19.7 Å². The molecule has 0 saturated carbocycles. The lowest BCUT2D eigenvalue weighted by molar-refractivity contribution is 0.103. The van der Waals surface area contributed by atoms with Crippen LogP contribution in [0.1, 0.15) is 0 Å². The van der Waals surface area contributed by atoms with Crippen molar-refractivity contribution in [2.24, 2.45) is 0 Å². The summed E-state index contributed by atoms with van der Waals surface area (Å²) >= 11 is 5.53. The minimum atomic E-state index is 0.110. The highest BCUT2D eigenvalue weighted by atomic mass is 32.2. The molecule has 19 heavy (non-hydrogen) atoms. The van der Waals surface area contributed by atoms with Gasteiger partial charge in [0.2, 0.25) is 0 Å². The molecule has 0 saturated heterocycles. The number of rotatable bonds is 16. The first-order chi connectivity index (χ1) is 9.41. The zero-order valence-corrected chi connectivity index (χ0v) is 13.9. The van der Waals surface area contributed by atoms with Crippen molar-refractivity contribution in [1.29, 1.82) is 0 Å². The molecule has 4 nitrogen and oxygen atoms in total. The molecule has 0 bridgehead atoms. The lowest BCUT2D eigenvalue weighted by Gasteiger charge is -2.04. The summed E-state index contributed by atoms with van der Waals surface area (Å²) in [7, 11) is 0. The van der Waals surface area contributed by atoms with E-state index in [2.05, 4.69) is 0 Å². The van der Waals surface area contributed by atoms with Crippen LogP contribution in [0.4, 0.5) is 0 Å². The average molecular weight is 331 g/mol. The Morgan fingerprint density at radius 1 is 0.526 bits per heavy atom. The molecule has 0 aliphatic rings. The van der Waals surface area contributed by atoms with Crippen LogP contribution < -0.4 is 0 Å². The average Bonchev–Trinajstić information content (AvgIpc) is 2.43. The fourth-order valence-corrected chi connectivity index (χ4v) is 3.50. The SMILES string of the molecule is OCCOCCSCCSCCOCCSCCO. The third-order valence-corrected chi connectivity index (χ3v) is 5.04. The van der Waals surface area contributed by atoms with Crippen molar-refractivity contribution in [3.8, 4) is 0 Å². The van der Waals surface area contributed by atoms with Gasteiger partial charge in [0, 0.05) is 34.5 Å². The van der Waals surface area contributed by atoms with Gasteiger partial charge in [-0.15, -0.1) is 0 Å². The minimum Gasteiger partial charge on any atom is -0.396 e. The highest BCUT2D eigenvalue weighted by Gasteiger charge is 1.93. The first-order valence-corrected chi connectivity index (χ1v) is 9.98. The monoisotopic (exact) mass is 330 g/mol. The molecule has 0 spiro atoms. The maximum absolute atomic E-state index is 8.58. The van der Waals surface area contributed by atoms with Gasteiger partial charge >= 0.3 is 0 Å². The molecule has 0 radical (unpaired) electrons. The highest BCUT2D eigenvalue weighted by Crippen LogP contribution is 2.07. The van der Waals surface area contributed by atoms with E-state index in [1.54, 1.807) is 11.8 Å². The molecule has 0 fully saturated rings. The summed E-state index contributed by atoms with van der Waals surface area (Å²) < 4.78 is 10.6. The molecular weight excluding hydrogens is 304 g/mol. The fraction of sp³-hybridized carbons (Fsp3) is 1.00. The maximum atomic E-state index is 8.58. The van der Waals surface area contributed by atoms with E-state index in [0.717, 1.165) is 54.3 Å². The standard InChI is InChI=1S/C12H26O4S3/c13-1-3-15-4-9-18-11-12-19-10-6-16-5-8-17-7-2-14/h13-14H,1-12H2. The molecule has 0 aliphatic carbocycles. The summed E-state index contributed by atoms with van der Waals surface area (Å²) in [5, 5.41) is 17.1. The molecule has 0 unspecified atom stereocenters. The summed E-state index contributed by atoms with van der Waals surface area (Å²) in [6, 6.07) is 0. The number of aliphatic hydroxyl groups is 2. The van der Waals surface area contributed by atoms with E-state index < -0.39 is 0 Å². The Hall–Kier alpha value is 0.890. The van der Waals surface area contributed by atoms with Gasteiger partial charge in [-0.1, -0.05) is 0 Å². The van der Waals surface area contributed by atoms with Crippen molar-refractivity contribution in [1.82, 2.24) is 0 Å². The highest BCUT2D eigenvalue weighted by molar-refractivity contribution is 8.02. The van der Waals surface area contributed by atoms with Crippen LogP contribution in [0.3, 0.4) is 0 Å². The summed E-state index contributed by atoms with van der Waals surface area (Å²) in [5.41, 5.74) is 0. The Bertz CT molecular complexity index is 148. The van der Waals surface area contributed by atoms with E-state index in [9.17, 15) is 0 Å². The number of hydrogen-bond donors (Lipinski definition) is 2. The van der Waals surface area contributed by atoms with Crippen LogP contribution in [0.25, 0.3) is 0 Å². The normalized spacial score (nSPS) is 11.1. The smallest absolute Gasteiger partial charge is 0.0698 e. The van der Waals surface area contributed by atoms with Gasteiger partial charge in [0.1, 0.15) is 0 Å². The fourth-order valence-electron chi connectivity index (χ4n) is 1.11. The quantitative estimate of drug-likeness (QED) is 0.412. The molecule has 0 aliphatic heterocycles. The molecule has 7 heteroatoms. The molecule has 0 heterocycles. The molecule has 116 valence electrons. The third-order valence-electron chi connectivity index (χ3n) is 1.96. The van der Waals surface area contributed by atoms with Crippen LogP contribution in [0.15, 0.2) is 0 Å². The second-order valence-corrected chi connectivity index (χ2v) is 7.18. The van der Waals surface area contributed by atoms with Crippen molar-refractivity contribution in [3.05, 3.63) is 0 Å². The summed E-state index contributed by atoms with van der Waals surface area (Å²) in [5.74, 6) is 6.10. The molecular formula is C12H26O4S3. The Morgan fingerprint density at radius 3 is 1.47 bits per heavy atom. The van der Waals surface area contributed by atoms with Crippen LogP contribution >= 0.6 is 35.3 Å². The van der Waals surface area contributed by atoms with Gasteiger partial charge in [0.05, 0.1) is 39.6 Å². The predicted molar refractivity (Wildman–Crippen MR) is 87.8 cm³/mol. The number of ether oxygens (including phenoxy) is 2. The van der Waals surface area contributed by atoms with Gasteiger partial charge in [0.25, 0.3) is 0 Å². The number of hydrogen-bond acceptors (Lipinski definition) is 7. The first kappa shape index (κ1) is 19.9. The van der Waals surface area contributed by atoms with Gasteiger partial charge in [-0.05, 0) is 0 Å². The molecule has 0 rings (SSSR count). The van der Waals surface area contributed by atoms with E-state index in [-0.39, 0.29) is 13.2 Å². The Kier molecular flexibility index (Phi) is 19.8. The Balaban J connectivity index is 2.88. The topological polar surface area (TPSA) is 58.9 Å². The van der Waals surface area contributed by atoms with E-state index >= 15 is 0 Å². The summed E-state index contributed by atoms with van der Waals surface area (Å²) in [4.78, 5) is 0. The van der Waals surface area contributed by atoms with Crippen molar-refractivity contribution in [3.63, 3.8) is 0 Å². The van der Waals surface area contributed by atoms with Crippen LogP contribution in [-0.2, 0) is 9.47 Å². The number of aliphatic hydroxyl groups excluding tert-OH is 2. The van der Waals surface area contributed by atoms with Crippen LogP contribution in [-0.4, -0.2) is 84.4 Å². The summed E-state index contributed by atoms with van der Waals surface area (Å²) in [6.07, 6.45) is 0. The second-order valence-electron chi connectivity index (χ2n) is 3.51. The molecule has 0 aromatic heterocycles. The van der Waals surface area contributed by atoms with Crippen molar-refractivity contribution in [2.45, 2.75) is 0 Å². The third kappa shape index (κ3) is 18.9. The van der Waals surface area contributed by atoms with Crippen molar-refractivity contribution in [2.75, 3.05) is 74.2 Å². The Morgan fingerprint density at radius 2 is 1.00 bits per heavy atom. The van der Waals surface area contributed by atoms with Gasteiger partial charge in [-0.2, -0.15) is 35.3 Å².